The molecule has 0 aromatic heterocycles. The SMILES string of the molecule is CC.O=C(NC1CC1)c1ccccc1F.[HH]. The third-order valence-corrected chi connectivity index (χ3v) is 2.03. The number of benzene rings is 1. The van der Waals surface area contributed by atoms with Crippen LogP contribution in [0.1, 0.15) is 38.5 Å². The second-order valence-electron chi connectivity index (χ2n) is 3.23. The molecule has 1 aromatic rings. The molecule has 1 N–H and O–H groups in total. The molecule has 0 heterocycles. The Hall–Kier alpha value is -1.38. The van der Waals surface area contributed by atoms with Crippen LogP contribution < -0.4 is 5.32 Å². The summed E-state index contributed by atoms with van der Waals surface area (Å²) in [6.07, 6.45) is 2.03. The number of amides is 1. The van der Waals surface area contributed by atoms with Crippen molar-refractivity contribution in [2.24, 2.45) is 0 Å². The number of carbonyl (C=O) groups excluding carboxylic acids is 1. The number of hydrogen-bond donors (Lipinski definition) is 1. The van der Waals surface area contributed by atoms with Gasteiger partial charge in [0.05, 0.1) is 5.56 Å². The normalized spacial score (nSPS) is 13.8. The van der Waals surface area contributed by atoms with Crippen molar-refractivity contribution < 1.29 is 10.6 Å². The maximum Gasteiger partial charge on any atom is 0.254 e. The molecular formula is C12H18FNO. The number of rotatable bonds is 2. The molecule has 3 heteroatoms. The largest absolute Gasteiger partial charge is 0.349 e. The van der Waals surface area contributed by atoms with Gasteiger partial charge in [0.25, 0.3) is 5.91 Å². The lowest BCUT2D eigenvalue weighted by molar-refractivity contribution is 0.0947. The fraction of sp³-hybridized carbons (Fsp3) is 0.417. The summed E-state index contributed by atoms with van der Waals surface area (Å²) in [6, 6.07) is 6.29. The van der Waals surface area contributed by atoms with E-state index >= 15 is 0 Å². The fourth-order valence-corrected chi connectivity index (χ4v) is 1.14. The summed E-state index contributed by atoms with van der Waals surface area (Å²) in [5.74, 6) is -0.763. The Balaban J connectivity index is 0.000000711. The van der Waals surface area contributed by atoms with Crippen molar-refractivity contribution in [1.29, 1.82) is 0 Å². The highest BCUT2D eigenvalue weighted by Gasteiger charge is 2.24. The van der Waals surface area contributed by atoms with Gasteiger partial charge in [-0.05, 0) is 25.0 Å². The number of hydrogen-bond acceptors (Lipinski definition) is 1. The van der Waals surface area contributed by atoms with Gasteiger partial charge in [-0.2, -0.15) is 0 Å². The van der Waals surface area contributed by atoms with Gasteiger partial charge >= 0.3 is 0 Å². The first-order valence-electron chi connectivity index (χ1n) is 5.33. The molecule has 0 aliphatic heterocycles. The molecule has 1 aliphatic carbocycles. The Morgan fingerprint density at radius 2 is 2.00 bits per heavy atom. The molecule has 0 radical (unpaired) electrons. The van der Waals surface area contributed by atoms with E-state index < -0.39 is 5.82 Å². The maximum atomic E-state index is 13.1. The second kappa shape index (κ2) is 5.49. The molecule has 2 nitrogen and oxygen atoms in total. The van der Waals surface area contributed by atoms with E-state index in [-0.39, 0.29) is 18.9 Å². The van der Waals surface area contributed by atoms with E-state index in [1.54, 1.807) is 12.1 Å². The van der Waals surface area contributed by atoms with E-state index in [9.17, 15) is 9.18 Å². The zero-order chi connectivity index (χ0) is 11.3. The summed E-state index contributed by atoms with van der Waals surface area (Å²) in [5, 5.41) is 2.73. The van der Waals surface area contributed by atoms with Crippen molar-refractivity contribution in [3.05, 3.63) is 35.6 Å². The van der Waals surface area contributed by atoms with Gasteiger partial charge in [-0.3, -0.25) is 4.79 Å². The molecular weight excluding hydrogens is 193 g/mol. The number of nitrogens with one attached hydrogen (secondary N) is 1. The summed E-state index contributed by atoms with van der Waals surface area (Å²) >= 11 is 0. The van der Waals surface area contributed by atoms with Crippen molar-refractivity contribution in [1.82, 2.24) is 5.32 Å². The number of halogens is 1. The van der Waals surface area contributed by atoms with Gasteiger partial charge in [0, 0.05) is 7.47 Å². The molecule has 1 amide bonds. The quantitative estimate of drug-likeness (QED) is 0.800. The van der Waals surface area contributed by atoms with Crippen LogP contribution in [-0.4, -0.2) is 11.9 Å². The number of carbonyl (C=O) groups is 1. The molecule has 0 spiro atoms. The summed E-state index contributed by atoms with van der Waals surface area (Å²) in [6.45, 7) is 4.00. The van der Waals surface area contributed by atoms with Gasteiger partial charge in [0.1, 0.15) is 5.82 Å². The van der Waals surface area contributed by atoms with E-state index in [4.69, 9.17) is 0 Å². The van der Waals surface area contributed by atoms with Gasteiger partial charge in [-0.1, -0.05) is 26.0 Å². The minimum absolute atomic E-state index is 0. The minimum atomic E-state index is -0.458. The van der Waals surface area contributed by atoms with E-state index in [2.05, 4.69) is 5.32 Å². The monoisotopic (exact) mass is 211 g/mol. The highest BCUT2D eigenvalue weighted by atomic mass is 19.1. The Bertz CT molecular complexity index is 340. The van der Waals surface area contributed by atoms with E-state index in [0.29, 0.717) is 0 Å². The van der Waals surface area contributed by atoms with Gasteiger partial charge in [0.2, 0.25) is 0 Å². The lowest BCUT2D eigenvalue weighted by atomic mass is 10.2. The van der Waals surface area contributed by atoms with Crippen molar-refractivity contribution in [3.8, 4) is 0 Å². The van der Waals surface area contributed by atoms with Crippen LogP contribution in [-0.2, 0) is 0 Å². The van der Waals surface area contributed by atoms with Crippen LogP contribution in [0.15, 0.2) is 24.3 Å². The van der Waals surface area contributed by atoms with Crippen molar-refractivity contribution in [2.45, 2.75) is 32.7 Å². The van der Waals surface area contributed by atoms with Crippen LogP contribution in [0.3, 0.4) is 0 Å². The summed E-state index contributed by atoms with van der Waals surface area (Å²) < 4.78 is 13.1. The molecule has 1 fully saturated rings. The first-order valence-corrected chi connectivity index (χ1v) is 5.33. The molecule has 15 heavy (non-hydrogen) atoms. The molecule has 2 rings (SSSR count). The Morgan fingerprint density at radius 1 is 1.40 bits per heavy atom. The Kier molecular flexibility index (Phi) is 4.28. The van der Waals surface area contributed by atoms with Crippen molar-refractivity contribution in [3.63, 3.8) is 0 Å². The smallest absolute Gasteiger partial charge is 0.254 e. The maximum absolute atomic E-state index is 13.1. The van der Waals surface area contributed by atoms with E-state index in [0.717, 1.165) is 12.8 Å². The van der Waals surface area contributed by atoms with Crippen LogP contribution in [0, 0.1) is 5.82 Å². The molecule has 1 saturated carbocycles. The molecule has 1 aliphatic rings. The highest BCUT2D eigenvalue weighted by molar-refractivity contribution is 5.94. The first kappa shape index (κ1) is 11.7. The van der Waals surface area contributed by atoms with Crippen LogP contribution in [0.4, 0.5) is 4.39 Å². The van der Waals surface area contributed by atoms with Crippen molar-refractivity contribution in [2.75, 3.05) is 0 Å². The molecule has 84 valence electrons. The summed E-state index contributed by atoms with van der Waals surface area (Å²) in [4.78, 5) is 11.4. The van der Waals surface area contributed by atoms with E-state index in [1.165, 1.54) is 12.1 Å². The average molecular weight is 211 g/mol. The Morgan fingerprint density at radius 3 is 2.53 bits per heavy atom. The zero-order valence-corrected chi connectivity index (χ0v) is 9.09. The van der Waals surface area contributed by atoms with Gasteiger partial charge < -0.3 is 5.32 Å². The van der Waals surface area contributed by atoms with Crippen LogP contribution in [0.2, 0.25) is 0 Å². The third kappa shape index (κ3) is 3.35. The zero-order valence-electron chi connectivity index (χ0n) is 9.09. The molecule has 0 bridgehead atoms. The molecule has 1 aromatic carbocycles. The minimum Gasteiger partial charge on any atom is -0.349 e. The molecule has 0 atom stereocenters. The topological polar surface area (TPSA) is 29.1 Å². The van der Waals surface area contributed by atoms with Crippen LogP contribution in [0.25, 0.3) is 0 Å². The fourth-order valence-electron chi connectivity index (χ4n) is 1.14. The molecule has 0 unspecified atom stereocenters. The second-order valence-corrected chi connectivity index (χ2v) is 3.23. The van der Waals surface area contributed by atoms with Gasteiger partial charge in [0.15, 0.2) is 0 Å². The standard InChI is InChI=1S/C10H10FNO.C2H6.H2/c11-9-4-2-1-3-8(9)10(13)12-7-5-6-7;1-2;/h1-4,7H,5-6H2,(H,12,13);1-2H3;1H. The summed E-state index contributed by atoms with van der Waals surface area (Å²) in [5.41, 5.74) is 0.134. The predicted molar refractivity (Wildman–Crippen MR) is 60.4 cm³/mol. The lowest BCUT2D eigenvalue weighted by Crippen LogP contribution is -2.26. The van der Waals surface area contributed by atoms with Gasteiger partial charge in [-0.15, -0.1) is 0 Å². The predicted octanol–water partition coefficient (Wildman–Crippen LogP) is 2.99. The highest BCUT2D eigenvalue weighted by Crippen LogP contribution is 2.19. The van der Waals surface area contributed by atoms with E-state index in [1.807, 2.05) is 13.8 Å². The Labute approximate surface area is 91.0 Å². The third-order valence-electron chi connectivity index (χ3n) is 2.03. The van der Waals surface area contributed by atoms with Crippen LogP contribution >= 0.6 is 0 Å². The molecule has 0 saturated heterocycles. The lowest BCUT2D eigenvalue weighted by Gasteiger charge is -2.03. The first-order chi connectivity index (χ1) is 7.27. The van der Waals surface area contributed by atoms with Crippen molar-refractivity contribution >= 4 is 5.91 Å². The van der Waals surface area contributed by atoms with Gasteiger partial charge in [-0.25, -0.2) is 4.39 Å². The van der Waals surface area contributed by atoms with Crippen LogP contribution in [0.5, 0.6) is 0 Å². The average Bonchev–Trinajstić information content (AvgIpc) is 3.05. The summed E-state index contributed by atoms with van der Waals surface area (Å²) in [7, 11) is 0.